The number of anilines is 1. The van der Waals surface area contributed by atoms with Crippen LogP contribution in [-0.2, 0) is 4.74 Å². The second-order valence-electron chi connectivity index (χ2n) is 3.88. The summed E-state index contributed by atoms with van der Waals surface area (Å²) in [5.41, 5.74) is 0.0327. The van der Waals surface area contributed by atoms with Crippen molar-refractivity contribution < 1.29 is 14.4 Å². The van der Waals surface area contributed by atoms with Crippen LogP contribution in [0, 0.1) is 17.0 Å². The third kappa shape index (κ3) is 4.02. The highest BCUT2D eigenvalue weighted by atomic mass is 16.6. The van der Waals surface area contributed by atoms with E-state index in [2.05, 4.69) is 15.3 Å². The Labute approximate surface area is 111 Å². The molecule has 8 nitrogen and oxygen atoms in total. The van der Waals surface area contributed by atoms with Crippen molar-refractivity contribution in [2.45, 2.75) is 26.9 Å². The van der Waals surface area contributed by atoms with Crippen molar-refractivity contribution in [3.63, 3.8) is 0 Å². The maximum absolute atomic E-state index is 11.0. The minimum atomic E-state index is -0.544. The highest BCUT2D eigenvalue weighted by Crippen LogP contribution is 2.29. The number of aromatic nitrogens is 2. The van der Waals surface area contributed by atoms with Crippen molar-refractivity contribution in [3.8, 4) is 5.88 Å². The summed E-state index contributed by atoms with van der Waals surface area (Å²) in [6.07, 6.45) is -0.336. The van der Waals surface area contributed by atoms with E-state index in [1.54, 1.807) is 20.9 Å². The molecule has 0 radical (unpaired) electrons. The zero-order chi connectivity index (χ0) is 14.4. The van der Waals surface area contributed by atoms with Gasteiger partial charge in [0.2, 0.25) is 5.95 Å². The Hall–Kier alpha value is -1.96. The van der Waals surface area contributed by atoms with Gasteiger partial charge < -0.3 is 14.8 Å². The predicted molar refractivity (Wildman–Crippen MR) is 69.6 cm³/mol. The fourth-order valence-electron chi connectivity index (χ4n) is 1.45. The Balaban J connectivity index is 3.02. The number of nitro groups is 1. The molecule has 1 rings (SSSR count). The van der Waals surface area contributed by atoms with E-state index in [0.717, 1.165) is 0 Å². The number of hydrogen-bond acceptors (Lipinski definition) is 7. The Bertz CT molecular complexity index is 453. The van der Waals surface area contributed by atoms with E-state index in [0.29, 0.717) is 13.2 Å². The van der Waals surface area contributed by atoms with E-state index in [-0.39, 0.29) is 29.3 Å². The minimum Gasteiger partial charge on any atom is -0.467 e. The molecule has 1 unspecified atom stereocenters. The van der Waals surface area contributed by atoms with Crippen molar-refractivity contribution in [2.24, 2.45) is 0 Å². The van der Waals surface area contributed by atoms with E-state index in [4.69, 9.17) is 9.47 Å². The third-order valence-corrected chi connectivity index (χ3v) is 2.30. The van der Waals surface area contributed by atoms with Crippen molar-refractivity contribution in [3.05, 3.63) is 15.8 Å². The van der Waals surface area contributed by atoms with Gasteiger partial charge in [0, 0.05) is 13.7 Å². The molecule has 0 fully saturated rings. The average molecular weight is 270 g/mol. The van der Waals surface area contributed by atoms with Crippen LogP contribution in [0.1, 0.15) is 19.5 Å². The van der Waals surface area contributed by atoms with Gasteiger partial charge in [-0.1, -0.05) is 0 Å². The summed E-state index contributed by atoms with van der Waals surface area (Å²) in [5.74, 6) is 0.232. The van der Waals surface area contributed by atoms with Crippen molar-refractivity contribution in [2.75, 3.05) is 25.6 Å². The van der Waals surface area contributed by atoms with Crippen LogP contribution >= 0.6 is 0 Å². The fraction of sp³-hybridized carbons (Fsp3) is 0.636. The van der Waals surface area contributed by atoms with Gasteiger partial charge in [0.25, 0.3) is 5.88 Å². The maximum Gasteiger partial charge on any atom is 0.352 e. The first-order chi connectivity index (χ1) is 8.99. The SMILES string of the molecule is CCOCC(C)Oc1nc(NC)nc(C)c1[N+](=O)[O-]. The van der Waals surface area contributed by atoms with E-state index in [9.17, 15) is 10.1 Å². The fourth-order valence-corrected chi connectivity index (χ4v) is 1.45. The van der Waals surface area contributed by atoms with Crippen molar-refractivity contribution in [1.82, 2.24) is 9.97 Å². The van der Waals surface area contributed by atoms with Crippen molar-refractivity contribution in [1.29, 1.82) is 0 Å². The second-order valence-corrected chi connectivity index (χ2v) is 3.88. The zero-order valence-corrected chi connectivity index (χ0v) is 11.5. The molecule has 0 saturated carbocycles. The van der Waals surface area contributed by atoms with Crippen LogP contribution in [0.4, 0.5) is 11.6 Å². The van der Waals surface area contributed by atoms with E-state index >= 15 is 0 Å². The van der Waals surface area contributed by atoms with Crippen molar-refractivity contribution >= 4 is 11.6 Å². The summed E-state index contributed by atoms with van der Waals surface area (Å²) in [6.45, 7) is 6.06. The zero-order valence-electron chi connectivity index (χ0n) is 11.5. The van der Waals surface area contributed by atoms with Crippen LogP contribution in [0.25, 0.3) is 0 Å². The van der Waals surface area contributed by atoms with Crippen LogP contribution in [0.15, 0.2) is 0 Å². The van der Waals surface area contributed by atoms with Gasteiger partial charge in [0.15, 0.2) is 0 Å². The molecule has 0 aliphatic carbocycles. The lowest BCUT2D eigenvalue weighted by molar-refractivity contribution is -0.387. The van der Waals surface area contributed by atoms with Crippen LogP contribution in [0.5, 0.6) is 5.88 Å². The lowest BCUT2D eigenvalue weighted by Crippen LogP contribution is -2.21. The molecule has 1 heterocycles. The lowest BCUT2D eigenvalue weighted by atomic mass is 10.3. The molecule has 1 aromatic rings. The number of aryl methyl sites for hydroxylation is 1. The molecular weight excluding hydrogens is 252 g/mol. The third-order valence-electron chi connectivity index (χ3n) is 2.30. The number of hydrogen-bond donors (Lipinski definition) is 1. The Kier molecular flexibility index (Phi) is 5.43. The highest BCUT2D eigenvalue weighted by Gasteiger charge is 2.24. The summed E-state index contributed by atoms with van der Waals surface area (Å²) in [7, 11) is 1.63. The minimum absolute atomic E-state index is 0.0472. The Morgan fingerprint density at radius 1 is 1.47 bits per heavy atom. The Morgan fingerprint density at radius 2 is 2.16 bits per heavy atom. The average Bonchev–Trinajstić information content (AvgIpc) is 2.35. The van der Waals surface area contributed by atoms with Crippen LogP contribution in [0.2, 0.25) is 0 Å². The van der Waals surface area contributed by atoms with E-state index < -0.39 is 4.92 Å². The molecule has 1 aromatic heterocycles. The normalized spacial score (nSPS) is 12.0. The topological polar surface area (TPSA) is 99.4 Å². The standard InChI is InChI=1S/C11H18N4O4/c1-5-18-6-7(2)19-10-9(15(16)17)8(3)13-11(12-4)14-10/h7H,5-6H2,1-4H3,(H,12,13,14). The number of rotatable bonds is 7. The van der Waals surface area contributed by atoms with E-state index in [1.807, 2.05) is 6.92 Å². The largest absolute Gasteiger partial charge is 0.467 e. The molecule has 8 heteroatoms. The molecular formula is C11H18N4O4. The summed E-state index contributed by atoms with van der Waals surface area (Å²) < 4.78 is 10.7. The first-order valence-electron chi connectivity index (χ1n) is 5.94. The Morgan fingerprint density at radius 3 is 2.68 bits per heavy atom. The predicted octanol–water partition coefficient (Wildman–Crippen LogP) is 1.54. The molecule has 0 saturated heterocycles. The van der Waals surface area contributed by atoms with Gasteiger partial charge in [0.1, 0.15) is 11.8 Å². The van der Waals surface area contributed by atoms with Gasteiger partial charge >= 0.3 is 5.69 Å². The van der Waals surface area contributed by atoms with Crippen LogP contribution in [0.3, 0.4) is 0 Å². The molecule has 1 N–H and O–H groups in total. The monoisotopic (exact) mass is 270 g/mol. The number of ether oxygens (including phenoxy) is 2. The molecule has 0 spiro atoms. The summed E-state index contributed by atoms with van der Waals surface area (Å²) in [5, 5.41) is 13.8. The van der Waals surface area contributed by atoms with Crippen LogP contribution in [-0.4, -0.2) is 41.3 Å². The van der Waals surface area contributed by atoms with Gasteiger partial charge in [-0.2, -0.15) is 4.98 Å². The van der Waals surface area contributed by atoms with Gasteiger partial charge in [-0.05, 0) is 20.8 Å². The molecule has 0 aliphatic rings. The number of nitrogens with one attached hydrogen (secondary N) is 1. The summed E-state index contributed by atoms with van der Waals surface area (Å²) in [4.78, 5) is 18.4. The quantitative estimate of drug-likeness (QED) is 0.592. The molecule has 0 aromatic carbocycles. The molecule has 19 heavy (non-hydrogen) atoms. The van der Waals surface area contributed by atoms with Gasteiger partial charge in [-0.3, -0.25) is 10.1 Å². The van der Waals surface area contributed by atoms with Gasteiger partial charge in [-0.25, -0.2) is 4.98 Å². The van der Waals surface area contributed by atoms with Gasteiger partial charge in [-0.15, -0.1) is 0 Å². The molecule has 0 amide bonds. The second kappa shape index (κ2) is 6.83. The smallest absolute Gasteiger partial charge is 0.352 e. The van der Waals surface area contributed by atoms with Crippen LogP contribution < -0.4 is 10.1 Å². The van der Waals surface area contributed by atoms with Gasteiger partial charge in [0.05, 0.1) is 11.5 Å². The highest BCUT2D eigenvalue weighted by molar-refractivity contribution is 5.48. The first kappa shape index (κ1) is 15.1. The molecule has 106 valence electrons. The lowest BCUT2D eigenvalue weighted by Gasteiger charge is -2.14. The molecule has 1 atom stereocenters. The molecule has 0 bridgehead atoms. The molecule has 0 aliphatic heterocycles. The number of nitrogens with zero attached hydrogens (tertiary/aromatic N) is 3. The maximum atomic E-state index is 11.0. The van der Waals surface area contributed by atoms with E-state index in [1.165, 1.54) is 0 Å². The summed E-state index contributed by atoms with van der Waals surface area (Å²) >= 11 is 0. The summed E-state index contributed by atoms with van der Waals surface area (Å²) in [6, 6.07) is 0. The first-order valence-corrected chi connectivity index (χ1v) is 5.94.